The number of rotatable bonds is 5. The quantitative estimate of drug-likeness (QED) is 0.486. The SMILES string of the molecule is COc1ccc(OC(=O)c2cnn(-c3ccc(OC)nn3)c2C(F)(F)F)cc1. The number of halogens is 3. The maximum atomic E-state index is 13.6. The fourth-order valence-corrected chi connectivity index (χ4v) is 2.28. The molecule has 3 aromatic rings. The van der Waals surface area contributed by atoms with Crippen molar-refractivity contribution in [3.63, 3.8) is 0 Å². The highest BCUT2D eigenvalue weighted by atomic mass is 19.4. The Balaban J connectivity index is 1.96. The van der Waals surface area contributed by atoms with Crippen LogP contribution in [-0.4, -0.2) is 40.2 Å². The highest BCUT2D eigenvalue weighted by molar-refractivity contribution is 5.92. The summed E-state index contributed by atoms with van der Waals surface area (Å²) in [6.07, 6.45) is -4.13. The first-order valence-electron chi connectivity index (χ1n) is 7.73. The molecule has 0 saturated heterocycles. The van der Waals surface area contributed by atoms with Crippen LogP contribution in [0.2, 0.25) is 0 Å². The molecule has 0 aliphatic carbocycles. The van der Waals surface area contributed by atoms with Crippen molar-refractivity contribution < 1.29 is 32.2 Å². The molecule has 2 heterocycles. The molecule has 0 bridgehead atoms. The summed E-state index contributed by atoms with van der Waals surface area (Å²) in [6.45, 7) is 0. The summed E-state index contributed by atoms with van der Waals surface area (Å²) in [5.74, 6) is -0.789. The van der Waals surface area contributed by atoms with Crippen LogP contribution in [0.3, 0.4) is 0 Å². The number of ether oxygens (including phenoxy) is 3. The molecule has 0 N–H and O–H groups in total. The zero-order chi connectivity index (χ0) is 20.3. The number of methoxy groups -OCH3 is 2. The molecule has 0 spiro atoms. The molecule has 28 heavy (non-hydrogen) atoms. The van der Waals surface area contributed by atoms with Crippen molar-refractivity contribution >= 4 is 5.97 Å². The van der Waals surface area contributed by atoms with Crippen LogP contribution in [-0.2, 0) is 6.18 Å². The van der Waals surface area contributed by atoms with Crippen molar-refractivity contribution in [2.75, 3.05) is 14.2 Å². The van der Waals surface area contributed by atoms with E-state index in [0.29, 0.717) is 10.4 Å². The van der Waals surface area contributed by atoms with Crippen molar-refractivity contribution in [1.29, 1.82) is 0 Å². The van der Waals surface area contributed by atoms with E-state index in [-0.39, 0.29) is 17.4 Å². The van der Waals surface area contributed by atoms with Gasteiger partial charge >= 0.3 is 12.1 Å². The molecule has 2 aromatic heterocycles. The van der Waals surface area contributed by atoms with E-state index in [9.17, 15) is 18.0 Å². The lowest BCUT2D eigenvalue weighted by atomic mass is 10.2. The van der Waals surface area contributed by atoms with Crippen molar-refractivity contribution in [3.05, 3.63) is 53.9 Å². The highest BCUT2D eigenvalue weighted by Gasteiger charge is 2.41. The molecule has 0 saturated carbocycles. The van der Waals surface area contributed by atoms with E-state index in [2.05, 4.69) is 15.3 Å². The lowest BCUT2D eigenvalue weighted by molar-refractivity contribution is -0.143. The number of hydrogen-bond donors (Lipinski definition) is 0. The average Bonchev–Trinajstić information content (AvgIpc) is 3.14. The second-order valence-corrected chi connectivity index (χ2v) is 5.32. The molecular weight excluding hydrogens is 381 g/mol. The molecule has 0 amide bonds. The van der Waals surface area contributed by atoms with Gasteiger partial charge < -0.3 is 14.2 Å². The van der Waals surface area contributed by atoms with Gasteiger partial charge in [0, 0.05) is 6.07 Å². The molecule has 3 rings (SSSR count). The van der Waals surface area contributed by atoms with Gasteiger partial charge in [0.15, 0.2) is 11.5 Å². The summed E-state index contributed by atoms with van der Waals surface area (Å²) in [6, 6.07) is 8.34. The Kier molecular flexibility index (Phi) is 5.16. The Morgan fingerprint density at radius 2 is 1.64 bits per heavy atom. The van der Waals surface area contributed by atoms with Crippen LogP contribution < -0.4 is 14.2 Å². The second-order valence-electron chi connectivity index (χ2n) is 5.32. The third-order valence-electron chi connectivity index (χ3n) is 3.58. The molecule has 0 radical (unpaired) electrons. The predicted molar refractivity (Wildman–Crippen MR) is 88.7 cm³/mol. The molecule has 0 fully saturated rings. The Morgan fingerprint density at radius 3 is 2.18 bits per heavy atom. The van der Waals surface area contributed by atoms with Crippen molar-refractivity contribution in [3.8, 4) is 23.2 Å². The molecule has 0 unspecified atom stereocenters. The van der Waals surface area contributed by atoms with Crippen LogP contribution >= 0.6 is 0 Å². The minimum atomic E-state index is -4.90. The summed E-state index contributed by atoms with van der Waals surface area (Å²) < 4.78 is 56.1. The lowest BCUT2D eigenvalue weighted by Gasteiger charge is -2.12. The molecule has 11 heteroatoms. The molecular formula is C17H13F3N4O4. The van der Waals surface area contributed by atoms with Gasteiger partial charge in [0.25, 0.3) is 0 Å². The van der Waals surface area contributed by atoms with Crippen LogP contribution in [0, 0.1) is 0 Å². The highest BCUT2D eigenvalue weighted by Crippen LogP contribution is 2.34. The number of carbonyl (C=O) groups excluding carboxylic acids is 1. The van der Waals surface area contributed by atoms with Crippen molar-refractivity contribution in [2.24, 2.45) is 0 Å². The average molecular weight is 394 g/mol. The van der Waals surface area contributed by atoms with Gasteiger partial charge in [-0.2, -0.15) is 18.3 Å². The van der Waals surface area contributed by atoms with Crippen LogP contribution in [0.25, 0.3) is 5.82 Å². The van der Waals surface area contributed by atoms with E-state index in [4.69, 9.17) is 14.2 Å². The van der Waals surface area contributed by atoms with Gasteiger partial charge in [-0.05, 0) is 30.3 Å². The Bertz CT molecular complexity index is 970. The predicted octanol–water partition coefficient (Wildman–Crippen LogP) is 2.92. The van der Waals surface area contributed by atoms with E-state index in [0.717, 1.165) is 6.20 Å². The van der Waals surface area contributed by atoms with E-state index >= 15 is 0 Å². The molecule has 0 atom stereocenters. The van der Waals surface area contributed by atoms with Gasteiger partial charge in [0.1, 0.15) is 17.1 Å². The van der Waals surface area contributed by atoms with Crippen LogP contribution in [0.15, 0.2) is 42.6 Å². The number of nitrogens with zero attached hydrogens (tertiary/aromatic N) is 4. The lowest BCUT2D eigenvalue weighted by Crippen LogP contribution is -2.20. The van der Waals surface area contributed by atoms with Gasteiger partial charge in [-0.1, -0.05) is 0 Å². The largest absolute Gasteiger partial charge is 0.497 e. The monoisotopic (exact) mass is 394 g/mol. The smallest absolute Gasteiger partial charge is 0.434 e. The first-order valence-corrected chi connectivity index (χ1v) is 7.73. The minimum Gasteiger partial charge on any atom is -0.497 e. The fourth-order valence-electron chi connectivity index (χ4n) is 2.28. The van der Waals surface area contributed by atoms with Crippen LogP contribution in [0.5, 0.6) is 17.4 Å². The maximum Gasteiger partial charge on any atom is 0.434 e. The zero-order valence-corrected chi connectivity index (χ0v) is 14.6. The van der Waals surface area contributed by atoms with E-state index in [1.807, 2.05) is 0 Å². The van der Waals surface area contributed by atoms with Gasteiger partial charge in [-0.15, -0.1) is 10.2 Å². The van der Waals surface area contributed by atoms with Gasteiger partial charge in [-0.25, -0.2) is 9.48 Å². The number of hydrogen-bond acceptors (Lipinski definition) is 7. The minimum absolute atomic E-state index is 0.0518. The van der Waals surface area contributed by atoms with Gasteiger partial charge in [-0.3, -0.25) is 0 Å². The summed E-state index contributed by atoms with van der Waals surface area (Å²) in [7, 11) is 2.79. The van der Waals surface area contributed by atoms with E-state index < -0.39 is 23.4 Å². The molecule has 0 aliphatic rings. The number of esters is 1. The maximum absolute atomic E-state index is 13.6. The Morgan fingerprint density at radius 1 is 0.964 bits per heavy atom. The van der Waals surface area contributed by atoms with Crippen molar-refractivity contribution in [2.45, 2.75) is 6.18 Å². The van der Waals surface area contributed by atoms with Crippen LogP contribution in [0.1, 0.15) is 16.1 Å². The summed E-state index contributed by atoms with van der Waals surface area (Å²) in [4.78, 5) is 12.3. The standard InChI is InChI=1S/C17H13F3N4O4/c1-26-10-3-5-11(6-4-10)28-16(25)12-9-21-24(15(12)17(18,19)20)13-7-8-14(27-2)23-22-13/h3-9H,1-2H3. The van der Waals surface area contributed by atoms with Crippen LogP contribution in [0.4, 0.5) is 13.2 Å². The number of carbonyl (C=O) groups is 1. The number of benzene rings is 1. The Hall–Kier alpha value is -3.63. The van der Waals surface area contributed by atoms with Crippen molar-refractivity contribution in [1.82, 2.24) is 20.0 Å². The van der Waals surface area contributed by atoms with Gasteiger partial charge in [0.2, 0.25) is 5.88 Å². The molecule has 8 nitrogen and oxygen atoms in total. The molecule has 1 aromatic carbocycles. The second kappa shape index (κ2) is 7.55. The number of aromatic nitrogens is 4. The topological polar surface area (TPSA) is 88.4 Å². The third-order valence-corrected chi connectivity index (χ3v) is 3.58. The fraction of sp³-hybridized carbons (Fsp3) is 0.176. The van der Waals surface area contributed by atoms with Gasteiger partial charge in [0.05, 0.1) is 20.4 Å². The molecule has 0 aliphatic heterocycles. The third kappa shape index (κ3) is 3.87. The summed E-state index contributed by atoms with van der Waals surface area (Å²) in [5, 5.41) is 10.9. The first kappa shape index (κ1) is 19.1. The number of alkyl halides is 3. The summed E-state index contributed by atoms with van der Waals surface area (Å²) >= 11 is 0. The zero-order valence-electron chi connectivity index (χ0n) is 14.6. The van der Waals surface area contributed by atoms with E-state index in [1.165, 1.54) is 50.6 Å². The Labute approximate surface area is 156 Å². The summed E-state index contributed by atoms with van der Waals surface area (Å²) in [5.41, 5.74) is -2.09. The normalized spacial score (nSPS) is 11.2. The molecule has 146 valence electrons. The first-order chi connectivity index (χ1) is 13.3. The van der Waals surface area contributed by atoms with E-state index in [1.54, 1.807) is 0 Å².